The molecule has 0 saturated heterocycles. The number of aliphatic imine (C=N–C) groups is 1. The number of para-hydroxylation sites is 1. The maximum absolute atomic E-state index is 11.2. The van der Waals surface area contributed by atoms with Crippen molar-refractivity contribution < 1.29 is 9.90 Å². The fourth-order valence-electron chi connectivity index (χ4n) is 2.54. The molecule has 3 nitrogen and oxygen atoms in total. The standard InChI is InChI=1S/C21H25NO2/c1-15(13-16-9-11-17(12-10-16)21(2,3)4)14-22-19-8-6-5-7-18(19)20(23)24/h5-12,14-15H,13H2,1-4H3,(H,23,24)/b22-14-. The predicted octanol–water partition coefficient (Wildman–Crippen LogP) is 5.26. The molecule has 2 rings (SSSR count). The van der Waals surface area contributed by atoms with Gasteiger partial charge in [0.05, 0.1) is 11.3 Å². The number of benzene rings is 2. The van der Waals surface area contributed by atoms with Crippen molar-refractivity contribution in [3.8, 4) is 0 Å². The van der Waals surface area contributed by atoms with Crippen molar-refractivity contribution >= 4 is 17.9 Å². The zero-order valence-electron chi connectivity index (χ0n) is 14.8. The zero-order valence-corrected chi connectivity index (χ0v) is 14.8. The minimum absolute atomic E-state index is 0.159. The summed E-state index contributed by atoms with van der Waals surface area (Å²) >= 11 is 0. The lowest BCUT2D eigenvalue weighted by Gasteiger charge is -2.19. The Labute approximate surface area is 144 Å². The van der Waals surface area contributed by atoms with Crippen LogP contribution in [0.3, 0.4) is 0 Å². The van der Waals surface area contributed by atoms with E-state index in [-0.39, 0.29) is 16.9 Å². The number of aromatic carboxylic acids is 1. The van der Waals surface area contributed by atoms with Crippen LogP contribution in [0.4, 0.5) is 5.69 Å². The Morgan fingerprint density at radius 1 is 1.12 bits per heavy atom. The van der Waals surface area contributed by atoms with Gasteiger partial charge in [-0.3, -0.25) is 4.99 Å². The smallest absolute Gasteiger partial charge is 0.337 e. The highest BCUT2D eigenvalue weighted by Gasteiger charge is 2.13. The minimum atomic E-state index is -0.951. The molecule has 1 unspecified atom stereocenters. The van der Waals surface area contributed by atoms with Gasteiger partial charge in [0.25, 0.3) is 0 Å². The van der Waals surface area contributed by atoms with E-state index in [2.05, 4.69) is 57.0 Å². The van der Waals surface area contributed by atoms with Crippen LogP contribution in [0.2, 0.25) is 0 Å². The number of hydrogen-bond donors (Lipinski definition) is 1. The van der Waals surface area contributed by atoms with E-state index in [0.717, 1.165) is 6.42 Å². The number of carboxylic acid groups (broad SMARTS) is 1. The van der Waals surface area contributed by atoms with Crippen molar-refractivity contribution in [1.82, 2.24) is 0 Å². The van der Waals surface area contributed by atoms with Crippen LogP contribution in [-0.2, 0) is 11.8 Å². The quantitative estimate of drug-likeness (QED) is 0.763. The van der Waals surface area contributed by atoms with E-state index in [9.17, 15) is 9.90 Å². The molecule has 3 heteroatoms. The summed E-state index contributed by atoms with van der Waals surface area (Å²) in [6.07, 6.45) is 2.71. The van der Waals surface area contributed by atoms with Crippen LogP contribution < -0.4 is 0 Å². The van der Waals surface area contributed by atoms with Crippen LogP contribution in [0.25, 0.3) is 0 Å². The summed E-state index contributed by atoms with van der Waals surface area (Å²) < 4.78 is 0. The lowest BCUT2D eigenvalue weighted by atomic mass is 9.86. The highest BCUT2D eigenvalue weighted by atomic mass is 16.4. The van der Waals surface area contributed by atoms with Gasteiger partial charge < -0.3 is 5.11 Å². The first-order valence-electron chi connectivity index (χ1n) is 8.23. The molecule has 24 heavy (non-hydrogen) atoms. The maximum Gasteiger partial charge on any atom is 0.337 e. The third-order valence-corrected chi connectivity index (χ3v) is 3.98. The van der Waals surface area contributed by atoms with Gasteiger partial charge in [-0.2, -0.15) is 0 Å². The van der Waals surface area contributed by atoms with Crippen LogP contribution in [0, 0.1) is 5.92 Å². The SMILES string of the molecule is CC(/C=N\c1ccccc1C(=O)O)Cc1ccc(C(C)(C)C)cc1. The molecule has 0 saturated carbocycles. The van der Waals surface area contributed by atoms with E-state index in [1.54, 1.807) is 24.3 Å². The molecule has 126 valence electrons. The Morgan fingerprint density at radius 3 is 2.33 bits per heavy atom. The number of hydrogen-bond acceptors (Lipinski definition) is 2. The van der Waals surface area contributed by atoms with E-state index in [1.165, 1.54) is 11.1 Å². The Hall–Kier alpha value is -2.42. The van der Waals surface area contributed by atoms with Crippen LogP contribution in [0.5, 0.6) is 0 Å². The van der Waals surface area contributed by atoms with E-state index in [4.69, 9.17) is 0 Å². The second kappa shape index (κ2) is 7.43. The lowest BCUT2D eigenvalue weighted by molar-refractivity contribution is 0.0698. The van der Waals surface area contributed by atoms with Crippen molar-refractivity contribution in [1.29, 1.82) is 0 Å². The fourth-order valence-corrected chi connectivity index (χ4v) is 2.54. The van der Waals surface area contributed by atoms with E-state index in [1.807, 2.05) is 6.21 Å². The topological polar surface area (TPSA) is 49.7 Å². The molecular weight excluding hydrogens is 298 g/mol. The van der Waals surface area contributed by atoms with Gasteiger partial charge in [-0.15, -0.1) is 0 Å². The van der Waals surface area contributed by atoms with E-state index >= 15 is 0 Å². The molecule has 0 fully saturated rings. The van der Waals surface area contributed by atoms with Crippen LogP contribution in [0.15, 0.2) is 53.5 Å². The molecule has 0 aliphatic heterocycles. The second-order valence-electron chi connectivity index (χ2n) is 7.23. The molecule has 0 bridgehead atoms. The second-order valence-corrected chi connectivity index (χ2v) is 7.23. The Balaban J connectivity index is 2.06. The zero-order chi connectivity index (χ0) is 17.7. The van der Waals surface area contributed by atoms with Gasteiger partial charge in [-0.1, -0.05) is 64.1 Å². The summed E-state index contributed by atoms with van der Waals surface area (Å²) in [5, 5.41) is 9.18. The molecule has 0 aliphatic carbocycles. The van der Waals surface area contributed by atoms with Crippen molar-refractivity contribution in [3.05, 3.63) is 65.2 Å². The van der Waals surface area contributed by atoms with E-state index in [0.29, 0.717) is 5.69 Å². The van der Waals surface area contributed by atoms with E-state index < -0.39 is 5.97 Å². The molecule has 0 amide bonds. The van der Waals surface area contributed by atoms with Gasteiger partial charge in [0.2, 0.25) is 0 Å². The molecule has 0 heterocycles. The average Bonchev–Trinajstić information content (AvgIpc) is 2.53. The lowest BCUT2D eigenvalue weighted by Crippen LogP contribution is -2.11. The molecule has 1 atom stereocenters. The van der Waals surface area contributed by atoms with Gasteiger partial charge in [-0.25, -0.2) is 4.79 Å². The van der Waals surface area contributed by atoms with Gasteiger partial charge in [0, 0.05) is 6.21 Å². The minimum Gasteiger partial charge on any atom is -0.478 e. The van der Waals surface area contributed by atoms with Gasteiger partial charge in [0.1, 0.15) is 0 Å². The van der Waals surface area contributed by atoms with Gasteiger partial charge >= 0.3 is 5.97 Å². The van der Waals surface area contributed by atoms with Crippen LogP contribution >= 0.6 is 0 Å². The number of rotatable bonds is 5. The summed E-state index contributed by atoms with van der Waals surface area (Å²) in [7, 11) is 0. The third-order valence-electron chi connectivity index (χ3n) is 3.98. The molecule has 0 aromatic heterocycles. The Morgan fingerprint density at radius 2 is 1.75 bits per heavy atom. The number of carboxylic acids is 1. The number of carbonyl (C=O) groups is 1. The van der Waals surface area contributed by atoms with Crippen LogP contribution in [0.1, 0.15) is 49.2 Å². The molecule has 1 N–H and O–H groups in total. The molecule has 0 aliphatic rings. The normalized spacial score (nSPS) is 13.2. The monoisotopic (exact) mass is 323 g/mol. The summed E-state index contributed by atoms with van der Waals surface area (Å²) in [5.74, 6) is -0.722. The van der Waals surface area contributed by atoms with Crippen molar-refractivity contribution in [2.45, 2.75) is 39.5 Å². The van der Waals surface area contributed by atoms with Crippen LogP contribution in [-0.4, -0.2) is 17.3 Å². The highest BCUT2D eigenvalue weighted by molar-refractivity contribution is 5.94. The molecular formula is C21H25NO2. The Bertz CT molecular complexity index is 724. The largest absolute Gasteiger partial charge is 0.478 e. The first-order valence-corrected chi connectivity index (χ1v) is 8.23. The summed E-state index contributed by atoms with van der Waals surface area (Å²) in [6.45, 7) is 8.70. The fraction of sp³-hybridized carbons (Fsp3) is 0.333. The van der Waals surface area contributed by atoms with Crippen molar-refractivity contribution in [2.24, 2.45) is 10.9 Å². The first kappa shape index (κ1) is 17.9. The van der Waals surface area contributed by atoms with Gasteiger partial charge in [-0.05, 0) is 41.0 Å². The average molecular weight is 323 g/mol. The summed E-state index contributed by atoms with van der Waals surface area (Å²) in [4.78, 5) is 15.6. The molecule has 2 aromatic carbocycles. The number of nitrogens with zero attached hydrogens (tertiary/aromatic N) is 1. The third kappa shape index (κ3) is 4.79. The summed E-state index contributed by atoms with van der Waals surface area (Å²) in [6, 6.07) is 15.5. The highest BCUT2D eigenvalue weighted by Crippen LogP contribution is 2.23. The van der Waals surface area contributed by atoms with Gasteiger partial charge in [0.15, 0.2) is 0 Å². The Kier molecular flexibility index (Phi) is 5.55. The predicted molar refractivity (Wildman–Crippen MR) is 99.6 cm³/mol. The summed E-state index contributed by atoms with van der Waals surface area (Å²) in [5.41, 5.74) is 3.47. The molecule has 2 aromatic rings. The molecule has 0 radical (unpaired) electrons. The molecule has 0 spiro atoms. The van der Waals surface area contributed by atoms with Crippen molar-refractivity contribution in [3.63, 3.8) is 0 Å². The van der Waals surface area contributed by atoms with Crippen molar-refractivity contribution in [2.75, 3.05) is 0 Å². The first-order chi connectivity index (χ1) is 11.3. The maximum atomic E-state index is 11.2.